The predicted molar refractivity (Wildman–Crippen MR) is 155 cm³/mol. The molecule has 0 aliphatic heterocycles. The molecular formula is C28H26F4N6O4S. The number of nitrogens with one attached hydrogen (secondary N) is 3. The number of hydrogen-bond donors (Lipinski definition) is 3. The van der Waals surface area contributed by atoms with Crippen LogP contribution in [0, 0.1) is 5.82 Å². The molecule has 0 bridgehead atoms. The molecule has 1 heterocycles. The Morgan fingerprint density at radius 1 is 0.977 bits per heavy atom. The van der Waals surface area contributed by atoms with E-state index < -0.39 is 39.1 Å². The Morgan fingerprint density at radius 3 is 2.35 bits per heavy atom. The van der Waals surface area contributed by atoms with Gasteiger partial charge in [-0.3, -0.25) is 0 Å². The van der Waals surface area contributed by atoms with E-state index in [9.17, 15) is 30.8 Å². The van der Waals surface area contributed by atoms with Crippen molar-refractivity contribution in [3.05, 3.63) is 84.3 Å². The quantitative estimate of drug-likeness (QED) is 0.179. The smallest absolute Gasteiger partial charge is 0.416 e. The van der Waals surface area contributed by atoms with Crippen LogP contribution in [0.2, 0.25) is 0 Å². The number of sulfone groups is 1. The predicted octanol–water partition coefficient (Wildman–Crippen LogP) is 6.59. The minimum absolute atomic E-state index is 0.0666. The standard InChI is InChI=1S/C28H26F4N6O4S/c1-4-43(40,41)20-10-12-24(42-3)23(16-20)35-26-33-14-13-25(37-26)38(2)19-8-6-18(7-9-19)34-27(39)36-22-15-17(28(30,31)32)5-11-21(22)29/h5-16H,4H2,1-3H3,(H,33,35,37)(H2,34,36,39). The highest BCUT2D eigenvalue weighted by Crippen LogP contribution is 2.33. The molecule has 0 saturated heterocycles. The van der Waals surface area contributed by atoms with E-state index in [1.165, 1.54) is 31.5 Å². The first-order chi connectivity index (χ1) is 20.3. The lowest BCUT2D eigenvalue weighted by molar-refractivity contribution is -0.137. The number of anilines is 6. The van der Waals surface area contributed by atoms with Crippen molar-refractivity contribution in [1.29, 1.82) is 0 Å². The zero-order valence-corrected chi connectivity index (χ0v) is 23.8. The largest absolute Gasteiger partial charge is 0.495 e. The third-order valence-corrected chi connectivity index (χ3v) is 7.93. The Morgan fingerprint density at radius 2 is 1.70 bits per heavy atom. The highest BCUT2D eigenvalue weighted by atomic mass is 32.2. The van der Waals surface area contributed by atoms with Crippen molar-refractivity contribution >= 4 is 50.4 Å². The van der Waals surface area contributed by atoms with E-state index >= 15 is 0 Å². The van der Waals surface area contributed by atoms with Crippen LogP contribution in [-0.2, 0) is 16.0 Å². The molecule has 15 heteroatoms. The number of rotatable bonds is 9. The lowest BCUT2D eigenvalue weighted by atomic mass is 10.2. The third kappa shape index (κ3) is 7.48. The number of nitrogens with zero attached hydrogens (tertiary/aromatic N) is 3. The van der Waals surface area contributed by atoms with Gasteiger partial charge in [-0.05, 0) is 66.7 Å². The molecule has 226 valence electrons. The number of carbonyl (C=O) groups excluding carboxylic acids is 1. The number of aromatic nitrogens is 2. The van der Waals surface area contributed by atoms with Crippen molar-refractivity contribution < 1.29 is 35.5 Å². The zero-order chi connectivity index (χ0) is 31.4. The molecule has 10 nitrogen and oxygen atoms in total. The van der Waals surface area contributed by atoms with Gasteiger partial charge in [-0.2, -0.15) is 18.2 Å². The molecule has 0 saturated carbocycles. The first-order valence-corrected chi connectivity index (χ1v) is 14.3. The van der Waals surface area contributed by atoms with E-state index in [-0.39, 0.29) is 16.6 Å². The van der Waals surface area contributed by atoms with E-state index in [1.807, 2.05) is 0 Å². The molecule has 0 aliphatic rings. The van der Waals surface area contributed by atoms with Crippen LogP contribution in [-0.4, -0.2) is 44.3 Å². The monoisotopic (exact) mass is 618 g/mol. The molecule has 2 amide bonds. The van der Waals surface area contributed by atoms with Crippen molar-refractivity contribution in [2.24, 2.45) is 0 Å². The average molecular weight is 619 g/mol. The Labute approximate surface area is 244 Å². The summed E-state index contributed by atoms with van der Waals surface area (Å²) in [6.45, 7) is 1.55. The molecule has 43 heavy (non-hydrogen) atoms. The Bertz CT molecular complexity index is 1730. The van der Waals surface area contributed by atoms with E-state index in [1.54, 1.807) is 49.2 Å². The van der Waals surface area contributed by atoms with Crippen LogP contribution >= 0.6 is 0 Å². The van der Waals surface area contributed by atoms with E-state index in [2.05, 4.69) is 25.9 Å². The maximum absolute atomic E-state index is 14.0. The topological polar surface area (TPSA) is 126 Å². The number of urea groups is 1. The van der Waals surface area contributed by atoms with Gasteiger partial charge in [-0.15, -0.1) is 0 Å². The van der Waals surface area contributed by atoms with Crippen LogP contribution in [0.25, 0.3) is 0 Å². The number of benzene rings is 3. The molecule has 0 atom stereocenters. The number of ether oxygens (including phenoxy) is 1. The molecule has 3 N–H and O–H groups in total. The minimum Gasteiger partial charge on any atom is -0.495 e. The zero-order valence-electron chi connectivity index (χ0n) is 23.0. The summed E-state index contributed by atoms with van der Waals surface area (Å²) in [6.07, 6.45) is -3.19. The molecule has 0 radical (unpaired) electrons. The van der Waals surface area contributed by atoms with E-state index in [4.69, 9.17) is 4.74 Å². The fourth-order valence-corrected chi connectivity index (χ4v) is 4.75. The third-order valence-electron chi connectivity index (χ3n) is 6.20. The molecule has 1 aromatic heterocycles. The van der Waals surface area contributed by atoms with Gasteiger partial charge >= 0.3 is 12.2 Å². The van der Waals surface area contributed by atoms with Gasteiger partial charge in [0.15, 0.2) is 9.84 Å². The van der Waals surface area contributed by atoms with Gasteiger partial charge in [0, 0.05) is 24.6 Å². The average Bonchev–Trinajstić information content (AvgIpc) is 2.97. The van der Waals surface area contributed by atoms with Crippen LogP contribution in [0.15, 0.2) is 77.8 Å². The normalized spacial score (nSPS) is 11.5. The van der Waals surface area contributed by atoms with Crippen LogP contribution in [0.3, 0.4) is 0 Å². The first-order valence-electron chi connectivity index (χ1n) is 12.6. The molecule has 0 aliphatic carbocycles. The number of amides is 2. The van der Waals surface area contributed by atoms with Crippen LogP contribution in [0.1, 0.15) is 12.5 Å². The van der Waals surface area contributed by atoms with Gasteiger partial charge in [-0.25, -0.2) is 22.6 Å². The van der Waals surface area contributed by atoms with Crippen molar-refractivity contribution in [2.75, 3.05) is 40.8 Å². The summed E-state index contributed by atoms with van der Waals surface area (Å²) in [5, 5.41) is 7.51. The summed E-state index contributed by atoms with van der Waals surface area (Å²) in [5.74, 6) is -0.0582. The molecule has 4 rings (SSSR count). The van der Waals surface area contributed by atoms with Crippen LogP contribution in [0.4, 0.5) is 56.9 Å². The Hall–Kier alpha value is -4.92. The summed E-state index contributed by atoms with van der Waals surface area (Å²) in [4.78, 5) is 22.8. The highest BCUT2D eigenvalue weighted by molar-refractivity contribution is 7.91. The van der Waals surface area contributed by atoms with Gasteiger partial charge in [0.25, 0.3) is 0 Å². The lowest BCUT2D eigenvalue weighted by Gasteiger charge is -2.19. The second kappa shape index (κ2) is 12.5. The van der Waals surface area contributed by atoms with Gasteiger partial charge in [-0.1, -0.05) is 6.92 Å². The maximum Gasteiger partial charge on any atom is 0.416 e. The Kier molecular flexibility index (Phi) is 9.04. The fourth-order valence-electron chi connectivity index (χ4n) is 3.84. The fraction of sp³-hybridized carbons (Fsp3) is 0.179. The van der Waals surface area contributed by atoms with Crippen molar-refractivity contribution in [3.63, 3.8) is 0 Å². The number of carbonyl (C=O) groups is 1. The van der Waals surface area contributed by atoms with Crippen molar-refractivity contribution in [1.82, 2.24) is 9.97 Å². The second-order valence-electron chi connectivity index (χ2n) is 9.01. The van der Waals surface area contributed by atoms with Crippen LogP contribution < -0.4 is 25.6 Å². The summed E-state index contributed by atoms with van der Waals surface area (Å²) in [6, 6.07) is 13.2. The lowest BCUT2D eigenvalue weighted by Crippen LogP contribution is -2.20. The molecule has 0 unspecified atom stereocenters. The number of methoxy groups -OCH3 is 1. The minimum atomic E-state index is -4.70. The van der Waals surface area contributed by atoms with Crippen molar-refractivity contribution in [2.45, 2.75) is 18.0 Å². The van der Waals surface area contributed by atoms with Gasteiger partial charge in [0.2, 0.25) is 5.95 Å². The SMILES string of the molecule is CCS(=O)(=O)c1ccc(OC)c(Nc2nccc(N(C)c3ccc(NC(=O)Nc4cc(C(F)(F)F)ccc4F)cc3)n2)c1. The molecule has 3 aromatic carbocycles. The summed E-state index contributed by atoms with van der Waals surface area (Å²) in [5.41, 5.74) is -0.422. The molecule has 0 spiro atoms. The van der Waals surface area contributed by atoms with Crippen molar-refractivity contribution in [3.8, 4) is 5.75 Å². The first kappa shape index (κ1) is 31.0. The van der Waals surface area contributed by atoms with Gasteiger partial charge in [0.05, 0.1) is 34.7 Å². The number of hydrogen-bond acceptors (Lipinski definition) is 8. The number of alkyl halides is 3. The summed E-state index contributed by atoms with van der Waals surface area (Å²) >= 11 is 0. The highest BCUT2D eigenvalue weighted by Gasteiger charge is 2.31. The summed E-state index contributed by atoms with van der Waals surface area (Å²) < 4.78 is 82.8. The number of halogens is 4. The maximum atomic E-state index is 14.0. The van der Waals surface area contributed by atoms with Gasteiger partial charge in [0.1, 0.15) is 17.4 Å². The Balaban J connectivity index is 1.46. The molecular weight excluding hydrogens is 592 g/mol. The van der Waals surface area contributed by atoms with E-state index in [0.717, 1.165) is 0 Å². The summed E-state index contributed by atoms with van der Waals surface area (Å²) in [7, 11) is -0.286. The second-order valence-corrected chi connectivity index (χ2v) is 11.3. The van der Waals surface area contributed by atoms with Gasteiger partial charge < -0.3 is 25.6 Å². The van der Waals surface area contributed by atoms with Crippen LogP contribution in [0.5, 0.6) is 5.75 Å². The molecule has 0 fully saturated rings. The molecule has 4 aromatic rings. The van der Waals surface area contributed by atoms with E-state index in [0.29, 0.717) is 46.8 Å².